The van der Waals surface area contributed by atoms with Crippen molar-refractivity contribution in [3.63, 3.8) is 0 Å². The Labute approximate surface area is 237 Å². The van der Waals surface area contributed by atoms with Gasteiger partial charge >= 0.3 is 0 Å². The first-order chi connectivity index (χ1) is 19.0. The SMILES string of the molecule is O=C(CN1CCN(C(=O)c2csc(Nc3ccccc3Cl)n2)CC1)N[C@H](Cc1ccccc1)c1ccccc1. The summed E-state index contributed by atoms with van der Waals surface area (Å²) in [4.78, 5) is 34.4. The molecule has 1 aliphatic rings. The molecule has 1 aliphatic heterocycles. The molecule has 0 aliphatic carbocycles. The molecule has 200 valence electrons. The highest BCUT2D eigenvalue weighted by molar-refractivity contribution is 7.14. The van der Waals surface area contributed by atoms with Crippen LogP contribution >= 0.6 is 22.9 Å². The number of nitrogens with zero attached hydrogens (tertiary/aromatic N) is 3. The minimum absolute atomic E-state index is 0.0191. The highest BCUT2D eigenvalue weighted by Gasteiger charge is 2.26. The predicted molar refractivity (Wildman–Crippen MR) is 157 cm³/mol. The van der Waals surface area contributed by atoms with Gasteiger partial charge in [-0.25, -0.2) is 4.98 Å². The molecule has 2 heterocycles. The fraction of sp³-hybridized carbons (Fsp3) is 0.233. The summed E-state index contributed by atoms with van der Waals surface area (Å²) < 4.78 is 0. The number of para-hydroxylation sites is 1. The lowest BCUT2D eigenvalue weighted by Gasteiger charge is -2.34. The van der Waals surface area contributed by atoms with Crippen LogP contribution in [0.3, 0.4) is 0 Å². The van der Waals surface area contributed by atoms with Crippen LogP contribution in [0.25, 0.3) is 0 Å². The predicted octanol–water partition coefficient (Wildman–Crippen LogP) is 5.40. The molecule has 5 rings (SSSR count). The first kappa shape index (κ1) is 26.9. The van der Waals surface area contributed by atoms with Gasteiger partial charge in [-0.15, -0.1) is 11.3 Å². The summed E-state index contributed by atoms with van der Waals surface area (Å²) in [6.07, 6.45) is 0.722. The third kappa shape index (κ3) is 7.23. The Morgan fingerprint density at radius 2 is 1.56 bits per heavy atom. The Balaban J connectivity index is 1.13. The van der Waals surface area contributed by atoms with Crippen molar-refractivity contribution in [2.75, 3.05) is 38.0 Å². The van der Waals surface area contributed by atoms with E-state index >= 15 is 0 Å². The number of amides is 2. The Morgan fingerprint density at radius 3 is 2.28 bits per heavy atom. The fourth-order valence-corrected chi connectivity index (χ4v) is 5.49. The smallest absolute Gasteiger partial charge is 0.273 e. The second-order valence-corrected chi connectivity index (χ2v) is 10.7. The molecule has 0 spiro atoms. The van der Waals surface area contributed by atoms with E-state index in [1.54, 1.807) is 16.3 Å². The molecule has 1 fully saturated rings. The number of hydrogen-bond acceptors (Lipinski definition) is 6. The van der Waals surface area contributed by atoms with Crippen molar-refractivity contribution in [3.8, 4) is 0 Å². The molecule has 0 radical (unpaired) electrons. The van der Waals surface area contributed by atoms with Gasteiger partial charge < -0.3 is 15.5 Å². The van der Waals surface area contributed by atoms with E-state index in [1.165, 1.54) is 16.9 Å². The van der Waals surface area contributed by atoms with Crippen molar-refractivity contribution >= 4 is 45.6 Å². The largest absolute Gasteiger partial charge is 0.348 e. The molecule has 2 N–H and O–H groups in total. The zero-order valence-corrected chi connectivity index (χ0v) is 23.0. The van der Waals surface area contributed by atoms with Crippen LogP contribution in [-0.2, 0) is 11.2 Å². The monoisotopic (exact) mass is 559 g/mol. The summed E-state index contributed by atoms with van der Waals surface area (Å²) in [7, 11) is 0. The Morgan fingerprint density at radius 1 is 0.897 bits per heavy atom. The number of piperazine rings is 1. The van der Waals surface area contributed by atoms with Crippen LogP contribution in [0.5, 0.6) is 0 Å². The second kappa shape index (κ2) is 12.9. The number of halogens is 1. The topological polar surface area (TPSA) is 77.6 Å². The summed E-state index contributed by atoms with van der Waals surface area (Å²) in [5.74, 6) is -0.121. The number of benzene rings is 3. The average molecular weight is 560 g/mol. The molecule has 0 unspecified atom stereocenters. The van der Waals surface area contributed by atoms with Crippen molar-refractivity contribution < 1.29 is 9.59 Å². The Hall–Kier alpha value is -3.72. The van der Waals surface area contributed by atoms with Crippen molar-refractivity contribution in [2.24, 2.45) is 0 Å². The van der Waals surface area contributed by atoms with Gasteiger partial charge in [-0.1, -0.05) is 84.4 Å². The number of carbonyl (C=O) groups excluding carboxylic acids is 2. The van der Waals surface area contributed by atoms with E-state index in [1.807, 2.05) is 66.7 Å². The summed E-state index contributed by atoms with van der Waals surface area (Å²) in [5.41, 5.74) is 3.41. The van der Waals surface area contributed by atoms with Gasteiger partial charge in [0.25, 0.3) is 5.91 Å². The van der Waals surface area contributed by atoms with Crippen molar-refractivity contribution in [1.82, 2.24) is 20.1 Å². The molecular weight excluding hydrogens is 530 g/mol. The maximum absolute atomic E-state index is 13.1. The average Bonchev–Trinajstić information content (AvgIpc) is 3.43. The molecule has 3 aromatic carbocycles. The van der Waals surface area contributed by atoms with Crippen LogP contribution < -0.4 is 10.6 Å². The van der Waals surface area contributed by atoms with Gasteiger partial charge in [-0.05, 0) is 29.7 Å². The number of aromatic nitrogens is 1. The van der Waals surface area contributed by atoms with E-state index < -0.39 is 0 Å². The van der Waals surface area contributed by atoms with Gasteiger partial charge in [0.15, 0.2) is 5.13 Å². The number of carbonyl (C=O) groups is 2. The van der Waals surface area contributed by atoms with Crippen LogP contribution in [0.2, 0.25) is 5.02 Å². The van der Waals surface area contributed by atoms with E-state index in [4.69, 9.17) is 11.6 Å². The zero-order chi connectivity index (χ0) is 27.0. The number of nitrogens with one attached hydrogen (secondary N) is 2. The number of anilines is 2. The first-order valence-corrected chi connectivity index (χ1v) is 14.2. The van der Waals surface area contributed by atoms with Gasteiger partial charge in [0, 0.05) is 31.6 Å². The summed E-state index contributed by atoms with van der Waals surface area (Å²) in [5, 5.41) is 9.37. The third-order valence-corrected chi connectivity index (χ3v) is 7.77. The minimum Gasteiger partial charge on any atom is -0.348 e. The fourth-order valence-electron chi connectivity index (χ4n) is 4.61. The molecule has 0 saturated carbocycles. The van der Waals surface area contributed by atoms with Gasteiger partial charge in [0.2, 0.25) is 5.91 Å². The molecule has 2 amide bonds. The van der Waals surface area contributed by atoms with E-state index in [9.17, 15) is 9.59 Å². The molecule has 0 bridgehead atoms. The van der Waals surface area contributed by atoms with E-state index in [2.05, 4.69) is 32.7 Å². The van der Waals surface area contributed by atoms with E-state index in [-0.39, 0.29) is 17.9 Å². The molecule has 4 aromatic rings. The third-order valence-electron chi connectivity index (χ3n) is 6.69. The maximum atomic E-state index is 13.1. The van der Waals surface area contributed by atoms with Crippen molar-refractivity contribution in [3.05, 3.63) is 112 Å². The maximum Gasteiger partial charge on any atom is 0.273 e. The Kier molecular flexibility index (Phi) is 8.88. The molecule has 1 saturated heterocycles. The molecule has 39 heavy (non-hydrogen) atoms. The second-order valence-electron chi connectivity index (χ2n) is 9.43. The molecular formula is C30H30ClN5O2S. The summed E-state index contributed by atoms with van der Waals surface area (Å²) in [6, 6.07) is 27.6. The van der Waals surface area contributed by atoms with Crippen LogP contribution in [0, 0.1) is 0 Å². The lowest BCUT2D eigenvalue weighted by molar-refractivity contribution is -0.123. The standard InChI is InChI=1S/C30H30ClN5O2S/c31-24-13-7-8-14-25(24)33-30-34-27(21-39-30)29(38)36-17-15-35(16-18-36)20-28(37)32-26(23-11-5-2-6-12-23)19-22-9-3-1-4-10-22/h1-14,21,26H,15-20H2,(H,32,37)(H,33,34)/t26-/m1/s1. The van der Waals surface area contributed by atoms with Gasteiger partial charge in [0.1, 0.15) is 5.69 Å². The van der Waals surface area contributed by atoms with Gasteiger partial charge in [-0.2, -0.15) is 0 Å². The van der Waals surface area contributed by atoms with Crippen molar-refractivity contribution in [1.29, 1.82) is 0 Å². The van der Waals surface area contributed by atoms with Crippen LogP contribution in [0.15, 0.2) is 90.3 Å². The zero-order valence-electron chi connectivity index (χ0n) is 21.4. The van der Waals surface area contributed by atoms with Crippen LogP contribution in [0.4, 0.5) is 10.8 Å². The summed E-state index contributed by atoms with van der Waals surface area (Å²) in [6.45, 7) is 2.64. The first-order valence-electron chi connectivity index (χ1n) is 12.9. The number of hydrogen-bond donors (Lipinski definition) is 2. The Bertz CT molecular complexity index is 1390. The quantitative estimate of drug-likeness (QED) is 0.287. The van der Waals surface area contributed by atoms with Crippen molar-refractivity contribution in [2.45, 2.75) is 12.5 Å². The number of rotatable bonds is 9. The molecule has 7 nitrogen and oxygen atoms in total. The lowest BCUT2D eigenvalue weighted by atomic mass is 9.99. The minimum atomic E-state index is -0.109. The molecule has 1 atom stereocenters. The molecule has 1 aromatic heterocycles. The summed E-state index contributed by atoms with van der Waals surface area (Å²) >= 11 is 7.58. The normalized spacial score (nSPS) is 14.5. The van der Waals surface area contributed by atoms with Crippen LogP contribution in [-0.4, -0.2) is 59.3 Å². The highest BCUT2D eigenvalue weighted by atomic mass is 35.5. The number of thiazole rings is 1. The lowest BCUT2D eigenvalue weighted by Crippen LogP contribution is -2.51. The van der Waals surface area contributed by atoms with Crippen LogP contribution in [0.1, 0.15) is 27.7 Å². The highest BCUT2D eigenvalue weighted by Crippen LogP contribution is 2.27. The van der Waals surface area contributed by atoms with Gasteiger partial charge in [-0.3, -0.25) is 14.5 Å². The van der Waals surface area contributed by atoms with Gasteiger partial charge in [0.05, 0.1) is 23.3 Å². The van der Waals surface area contributed by atoms with E-state index in [0.717, 1.165) is 17.7 Å². The molecule has 9 heteroatoms. The van der Waals surface area contributed by atoms with E-state index in [0.29, 0.717) is 48.6 Å².